The number of benzene rings is 1. The number of nitrogens with one attached hydrogen (secondary N) is 1. The highest BCUT2D eigenvalue weighted by molar-refractivity contribution is 6.32. The third kappa shape index (κ3) is 3.79. The van der Waals surface area contributed by atoms with E-state index in [9.17, 15) is 0 Å². The molecule has 0 amide bonds. The second kappa shape index (κ2) is 5.61. The minimum absolute atomic E-state index is 0.156. The molecule has 0 unspecified atom stereocenters. The average Bonchev–Trinajstić information content (AvgIpc) is 2.22. The summed E-state index contributed by atoms with van der Waals surface area (Å²) < 4.78 is 5.16. The Morgan fingerprint density at radius 1 is 1.41 bits per heavy atom. The van der Waals surface area contributed by atoms with Gasteiger partial charge in [0.1, 0.15) is 5.75 Å². The molecule has 3 nitrogen and oxygen atoms in total. The first kappa shape index (κ1) is 14.1. The van der Waals surface area contributed by atoms with E-state index in [2.05, 4.69) is 5.32 Å². The van der Waals surface area contributed by atoms with Gasteiger partial charge in [-0.15, -0.1) is 0 Å². The summed E-state index contributed by atoms with van der Waals surface area (Å²) in [6.45, 7) is 6.24. The van der Waals surface area contributed by atoms with Gasteiger partial charge in [-0.25, -0.2) is 0 Å². The lowest BCUT2D eigenvalue weighted by Crippen LogP contribution is -2.32. The minimum Gasteiger partial charge on any atom is -0.495 e. The molecular formula is C13H20ClNO2. The first-order valence-corrected chi connectivity index (χ1v) is 6.00. The summed E-state index contributed by atoms with van der Waals surface area (Å²) in [5.41, 5.74) is 1.86. The molecule has 0 aliphatic rings. The van der Waals surface area contributed by atoms with E-state index in [-0.39, 0.29) is 12.1 Å². The number of hydrogen-bond acceptors (Lipinski definition) is 3. The number of hydrogen-bond donors (Lipinski definition) is 2. The molecule has 0 atom stereocenters. The highest BCUT2D eigenvalue weighted by atomic mass is 35.5. The summed E-state index contributed by atoms with van der Waals surface area (Å²) in [5.74, 6) is 0.676. The Balaban J connectivity index is 2.96. The monoisotopic (exact) mass is 257 g/mol. The van der Waals surface area contributed by atoms with Crippen molar-refractivity contribution in [2.45, 2.75) is 32.7 Å². The summed E-state index contributed by atoms with van der Waals surface area (Å²) in [6.07, 6.45) is 0.677. The van der Waals surface area contributed by atoms with Crippen LogP contribution < -0.4 is 10.1 Å². The molecule has 0 spiro atoms. The summed E-state index contributed by atoms with van der Waals surface area (Å²) in [7, 11) is 1.60. The van der Waals surface area contributed by atoms with Gasteiger partial charge in [0.15, 0.2) is 0 Å². The Morgan fingerprint density at radius 3 is 2.59 bits per heavy atom. The average molecular weight is 258 g/mol. The molecule has 2 N–H and O–H groups in total. The molecule has 0 heterocycles. The number of methoxy groups -OCH3 is 1. The van der Waals surface area contributed by atoms with Gasteiger partial charge in [0.25, 0.3) is 0 Å². The van der Waals surface area contributed by atoms with Gasteiger partial charge in [-0.05, 0) is 44.9 Å². The van der Waals surface area contributed by atoms with E-state index in [1.165, 1.54) is 0 Å². The predicted octanol–water partition coefficient (Wildman–Crippen LogP) is 3.23. The van der Waals surface area contributed by atoms with Crippen LogP contribution >= 0.6 is 11.6 Å². The van der Waals surface area contributed by atoms with Gasteiger partial charge < -0.3 is 15.2 Å². The zero-order chi connectivity index (χ0) is 13.1. The fourth-order valence-electron chi connectivity index (χ4n) is 1.65. The fourth-order valence-corrected chi connectivity index (χ4v) is 1.89. The van der Waals surface area contributed by atoms with Crippen LogP contribution in [0.4, 0.5) is 5.69 Å². The Morgan fingerprint density at radius 2 is 2.06 bits per heavy atom. The number of aliphatic hydroxyl groups excluding tert-OH is 1. The molecule has 1 aromatic carbocycles. The van der Waals surface area contributed by atoms with Crippen molar-refractivity contribution >= 4 is 17.3 Å². The van der Waals surface area contributed by atoms with Gasteiger partial charge in [0.05, 0.1) is 12.1 Å². The van der Waals surface area contributed by atoms with E-state index in [0.717, 1.165) is 11.3 Å². The van der Waals surface area contributed by atoms with Gasteiger partial charge in [-0.1, -0.05) is 11.6 Å². The predicted molar refractivity (Wildman–Crippen MR) is 72.1 cm³/mol. The number of rotatable bonds is 5. The van der Waals surface area contributed by atoms with E-state index in [1.807, 2.05) is 32.9 Å². The van der Waals surface area contributed by atoms with Crippen molar-refractivity contribution in [2.75, 3.05) is 19.0 Å². The lowest BCUT2D eigenvalue weighted by Gasteiger charge is -2.28. The molecule has 0 saturated carbocycles. The molecule has 1 rings (SSSR count). The number of halogens is 1. The minimum atomic E-state index is -0.169. The van der Waals surface area contributed by atoms with Gasteiger partial charge in [0.2, 0.25) is 0 Å². The Hall–Kier alpha value is -0.930. The van der Waals surface area contributed by atoms with Gasteiger partial charge in [0, 0.05) is 17.8 Å². The van der Waals surface area contributed by atoms with E-state index in [4.69, 9.17) is 21.4 Å². The van der Waals surface area contributed by atoms with Gasteiger partial charge in [-0.3, -0.25) is 0 Å². The Labute approximate surface area is 108 Å². The van der Waals surface area contributed by atoms with E-state index in [0.29, 0.717) is 17.2 Å². The zero-order valence-corrected chi connectivity index (χ0v) is 11.6. The number of anilines is 1. The van der Waals surface area contributed by atoms with Crippen LogP contribution in [0.25, 0.3) is 0 Å². The summed E-state index contributed by atoms with van der Waals surface area (Å²) >= 11 is 6.09. The molecule has 0 fully saturated rings. The highest BCUT2D eigenvalue weighted by Crippen LogP contribution is 2.32. The van der Waals surface area contributed by atoms with Crippen molar-refractivity contribution in [1.82, 2.24) is 0 Å². The molecular weight excluding hydrogens is 238 g/mol. The van der Waals surface area contributed by atoms with Crippen LogP contribution in [0, 0.1) is 6.92 Å². The number of ether oxygens (including phenoxy) is 1. The van der Waals surface area contributed by atoms with Crippen LogP contribution in [0.3, 0.4) is 0 Å². The second-order valence-electron chi connectivity index (χ2n) is 4.78. The first-order chi connectivity index (χ1) is 7.89. The van der Waals surface area contributed by atoms with Crippen LogP contribution in [0.15, 0.2) is 12.1 Å². The third-order valence-electron chi connectivity index (χ3n) is 2.71. The highest BCUT2D eigenvalue weighted by Gasteiger charge is 2.18. The van der Waals surface area contributed by atoms with Crippen molar-refractivity contribution in [2.24, 2.45) is 0 Å². The topological polar surface area (TPSA) is 41.5 Å². The van der Waals surface area contributed by atoms with Crippen LogP contribution in [0.2, 0.25) is 5.02 Å². The molecule has 0 bridgehead atoms. The number of aliphatic hydroxyl groups is 1. The van der Waals surface area contributed by atoms with Crippen LogP contribution in [-0.2, 0) is 0 Å². The van der Waals surface area contributed by atoms with Gasteiger partial charge >= 0.3 is 0 Å². The van der Waals surface area contributed by atoms with Crippen molar-refractivity contribution in [3.8, 4) is 5.75 Å². The van der Waals surface area contributed by atoms with Crippen LogP contribution in [0.5, 0.6) is 5.75 Å². The summed E-state index contributed by atoms with van der Waals surface area (Å²) in [6, 6.07) is 3.76. The molecule has 0 aliphatic heterocycles. The van der Waals surface area contributed by atoms with Crippen molar-refractivity contribution < 1.29 is 9.84 Å². The Kier molecular flexibility index (Phi) is 4.66. The molecule has 0 saturated heterocycles. The molecule has 0 radical (unpaired) electrons. The maximum Gasteiger partial charge on any atom is 0.137 e. The normalized spacial score (nSPS) is 11.4. The zero-order valence-electron chi connectivity index (χ0n) is 10.8. The number of aryl methyl sites for hydroxylation is 1. The quantitative estimate of drug-likeness (QED) is 0.851. The fraction of sp³-hybridized carbons (Fsp3) is 0.538. The van der Waals surface area contributed by atoms with Gasteiger partial charge in [-0.2, -0.15) is 0 Å². The van der Waals surface area contributed by atoms with Crippen LogP contribution in [0.1, 0.15) is 25.8 Å². The summed E-state index contributed by atoms with van der Waals surface area (Å²) in [4.78, 5) is 0. The lowest BCUT2D eigenvalue weighted by atomic mass is 10.00. The largest absolute Gasteiger partial charge is 0.495 e. The maximum atomic E-state index is 9.00. The van der Waals surface area contributed by atoms with E-state index in [1.54, 1.807) is 7.11 Å². The third-order valence-corrected chi connectivity index (χ3v) is 3.00. The maximum absolute atomic E-state index is 9.00. The molecule has 96 valence electrons. The second-order valence-corrected chi connectivity index (χ2v) is 5.19. The van der Waals surface area contributed by atoms with Crippen molar-refractivity contribution in [3.63, 3.8) is 0 Å². The molecule has 0 aliphatic carbocycles. The van der Waals surface area contributed by atoms with Crippen molar-refractivity contribution in [3.05, 3.63) is 22.7 Å². The van der Waals surface area contributed by atoms with E-state index >= 15 is 0 Å². The molecule has 4 heteroatoms. The smallest absolute Gasteiger partial charge is 0.137 e. The molecule has 1 aromatic rings. The van der Waals surface area contributed by atoms with Crippen molar-refractivity contribution in [1.29, 1.82) is 0 Å². The Bertz CT molecular complexity index is 391. The van der Waals surface area contributed by atoms with Crippen LogP contribution in [-0.4, -0.2) is 24.4 Å². The standard InChI is InChI=1S/C13H20ClNO2/c1-9-7-12(17-4)10(14)8-11(9)15-13(2,3)5-6-16/h7-8,15-16H,5-6H2,1-4H3. The molecule has 17 heavy (non-hydrogen) atoms. The molecule has 0 aromatic heterocycles. The first-order valence-electron chi connectivity index (χ1n) is 5.63. The SMILES string of the molecule is COc1cc(C)c(NC(C)(C)CCO)cc1Cl. The van der Waals surface area contributed by atoms with E-state index < -0.39 is 0 Å². The summed E-state index contributed by atoms with van der Waals surface area (Å²) in [5, 5.41) is 13.0. The lowest BCUT2D eigenvalue weighted by molar-refractivity contribution is 0.261.